The van der Waals surface area contributed by atoms with Crippen LogP contribution < -0.4 is 11.1 Å². The molecule has 1 aliphatic carbocycles. The number of nitrogens with one attached hydrogen (secondary N) is 1. The second-order valence-corrected chi connectivity index (χ2v) is 8.78. The van der Waals surface area contributed by atoms with Gasteiger partial charge in [0.2, 0.25) is 0 Å². The fourth-order valence-corrected chi connectivity index (χ4v) is 4.20. The molecule has 3 aromatic rings. The minimum Gasteiger partial charge on any atom is -0.390 e. The lowest BCUT2D eigenvalue weighted by atomic mass is 9.76. The molecule has 0 unspecified atom stereocenters. The number of anilines is 1. The molecule has 7 nitrogen and oxygen atoms in total. The number of aliphatic hydroxyl groups is 1. The van der Waals surface area contributed by atoms with E-state index in [2.05, 4.69) is 16.5 Å². The van der Waals surface area contributed by atoms with Gasteiger partial charge in [0.05, 0.1) is 40.2 Å². The number of nitrogens with two attached hydrogens (primary N) is 1. The van der Waals surface area contributed by atoms with Crippen LogP contribution in [0.1, 0.15) is 49.5 Å². The van der Waals surface area contributed by atoms with Crippen LogP contribution in [0.4, 0.5) is 5.69 Å². The zero-order valence-electron chi connectivity index (χ0n) is 17.3. The summed E-state index contributed by atoms with van der Waals surface area (Å²) in [6.45, 7) is 5.91. The average molecular weight is 403 g/mol. The largest absolute Gasteiger partial charge is 0.390 e. The van der Waals surface area contributed by atoms with Crippen molar-refractivity contribution in [1.82, 2.24) is 9.61 Å². The molecule has 0 radical (unpaired) electrons. The van der Waals surface area contributed by atoms with Gasteiger partial charge in [-0.15, -0.1) is 0 Å². The first kappa shape index (κ1) is 19.9. The molecule has 0 spiro atoms. The fourth-order valence-electron chi connectivity index (χ4n) is 4.20. The van der Waals surface area contributed by atoms with Crippen molar-refractivity contribution in [2.45, 2.75) is 45.3 Å². The molecule has 4 N–H and O–H groups in total. The number of amides is 1. The van der Waals surface area contributed by atoms with Crippen LogP contribution in [0, 0.1) is 16.7 Å². The van der Waals surface area contributed by atoms with Crippen LogP contribution in [0.2, 0.25) is 0 Å². The van der Waals surface area contributed by atoms with Crippen molar-refractivity contribution in [1.29, 1.82) is 5.26 Å². The summed E-state index contributed by atoms with van der Waals surface area (Å²) >= 11 is 0. The van der Waals surface area contributed by atoms with E-state index in [1.807, 2.05) is 45.2 Å². The third kappa shape index (κ3) is 3.10. The van der Waals surface area contributed by atoms with E-state index in [0.717, 1.165) is 23.1 Å². The smallest absolute Gasteiger partial charge is 0.252 e. The van der Waals surface area contributed by atoms with Crippen LogP contribution in [0.15, 0.2) is 42.7 Å². The van der Waals surface area contributed by atoms with E-state index < -0.39 is 16.9 Å². The van der Waals surface area contributed by atoms with Gasteiger partial charge < -0.3 is 16.2 Å². The molecule has 0 saturated heterocycles. The van der Waals surface area contributed by atoms with E-state index in [4.69, 9.17) is 11.0 Å². The van der Waals surface area contributed by atoms with Crippen molar-refractivity contribution in [2.75, 3.05) is 5.32 Å². The van der Waals surface area contributed by atoms with Crippen molar-refractivity contribution < 1.29 is 9.90 Å². The molecule has 1 amide bonds. The Hall–Kier alpha value is -3.37. The summed E-state index contributed by atoms with van der Waals surface area (Å²) in [5, 5.41) is 27.7. The predicted octanol–water partition coefficient (Wildman–Crippen LogP) is 3.32. The molecule has 4 rings (SSSR count). The number of carbonyl (C=O) groups excluding carboxylic acids is 1. The minimum absolute atomic E-state index is 0.0370. The molecule has 0 aliphatic heterocycles. The molecule has 1 aliphatic rings. The molecular formula is C23H25N5O2. The molecule has 1 saturated carbocycles. The Morgan fingerprint density at radius 2 is 2.00 bits per heavy atom. The van der Waals surface area contributed by atoms with Gasteiger partial charge >= 0.3 is 0 Å². The summed E-state index contributed by atoms with van der Waals surface area (Å²) in [4.78, 5) is 12.1. The van der Waals surface area contributed by atoms with Crippen LogP contribution in [-0.2, 0) is 0 Å². The number of nitriles is 1. The second kappa shape index (κ2) is 6.85. The maximum atomic E-state index is 12.1. The van der Waals surface area contributed by atoms with Gasteiger partial charge in [-0.3, -0.25) is 4.79 Å². The van der Waals surface area contributed by atoms with Crippen LogP contribution in [0.5, 0.6) is 0 Å². The highest BCUT2D eigenvalue weighted by Crippen LogP contribution is 2.47. The molecule has 30 heavy (non-hydrogen) atoms. The summed E-state index contributed by atoms with van der Waals surface area (Å²) in [7, 11) is 0. The zero-order valence-corrected chi connectivity index (χ0v) is 17.3. The van der Waals surface area contributed by atoms with Crippen LogP contribution >= 0.6 is 0 Å². The molecule has 1 fully saturated rings. The van der Waals surface area contributed by atoms with Gasteiger partial charge in [-0.2, -0.15) is 10.4 Å². The van der Waals surface area contributed by atoms with Crippen LogP contribution in [0.3, 0.4) is 0 Å². The van der Waals surface area contributed by atoms with Gasteiger partial charge in [-0.05, 0) is 43.5 Å². The molecule has 2 heterocycles. The standard InChI is InChI=1S/C23H25N5O2/c1-22(2)19(8-9-23(22,3)30)27-20-17(21(25)29)12-26-28-13-16(10-18(20)28)15-6-4-14(11-24)5-7-15/h4-7,10,12-13,19,27,30H,8-9H2,1-3H3,(H2,25,29)/t19-,23+/m1/s1. The second-order valence-electron chi connectivity index (χ2n) is 8.78. The number of primary amides is 1. The Morgan fingerprint density at radius 3 is 2.57 bits per heavy atom. The van der Waals surface area contributed by atoms with Gasteiger partial charge in [0.15, 0.2) is 0 Å². The van der Waals surface area contributed by atoms with Crippen molar-refractivity contribution in [2.24, 2.45) is 11.1 Å². The lowest BCUT2D eigenvalue weighted by molar-refractivity contribution is -0.0283. The topological polar surface area (TPSA) is 116 Å². The molecule has 2 aromatic heterocycles. The van der Waals surface area contributed by atoms with Gasteiger partial charge in [0, 0.05) is 23.2 Å². The number of fused-ring (bicyclic) bond motifs is 1. The van der Waals surface area contributed by atoms with Gasteiger partial charge in [-0.1, -0.05) is 26.0 Å². The number of aromatic nitrogens is 2. The van der Waals surface area contributed by atoms with E-state index >= 15 is 0 Å². The average Bonchev–Trinajstić information content (AvgIpc) is 3.22. The highest BCUT2D eigenvalue weighted by molar-refractivity contribution is 6.02. The number of hydrogen-bond acceptors (Lipinski definition) is 5. The number of carbonyl (C=O) groups is 1. The first-order chi connectivity index (χ1) is 14.1. The number of hydrogen-bond donors (Lipinski definition) is 3. The summed E-state index contributed by atoms with van der Waals surface area (Å²) in [6, 6.07) is 11.3. The summed E-state index contributed by atoms with van der Waals surface area (Å²) in [5.74, 6) is -0.559. The van der Waals surface area contributed by atoms with Crippen molar-refractivity contribution in [3.05, 3.63) is 53.9 Å². The Balaban J connectivity index is 1.81. The maximum absolute atomic E-state index is 12.1. The van der Waals surface area contributed by atoms with E-state index in [9.17, 15) is 9.90 Å². The maximum Gasteiger partial charge on any atom is 0.252 e. The first-order valence-corrected chi connectivity index (χ1v) is 9.95. The highest BCUT2D eigenvalue weighted by Gasteiger charge is 2.50. The Morgan fingerprint density at radius 1 is 1.30 bits per heavy atom. The van der Waals surface area contributed by atoms with Gasteiger partial charge in [-0.25, -0.2) is 4.52 Å². The Labute approximate surface area is 175 Å². The number of nitrogens with zero attached hydrogens (tertiary/aromatic N) is 3. The van der Waals surface area contributed by atoms with Gasteiger partial charge in [0.25, 0.3) is 5.91 Å². The zero-order chi connectivity index (χ0) is 21.7. The summed E-state index contributed by atoms with van der Waals surface area (Å²) in [5.41, 5.74) is 8.54. The van der Waals surface area contributed by atoms with Crippen molar-refractivity contribution >= 4 is 17.1 Å². The highest BCUT2D eigenvalue weighted by atomic mass is 16.3. The molecule has 0 bridgehead atoms. The van der Waals surface area contributed by atoms with E-state index in [0.29, 0.717) is 23.2 Å². The quantitative estimate of drug-likeness (QED) is 0.618. The SMILES string of the molecule is CC1(C)[C@H](Nc2c(C(N)=O)cnn3cc(-c4ccc(C#N)cc4)cc23)CC[C@]1(C)O. The monoisotopic (exact) mass is 403 g/mol. The summed E-state index contributed by atoms with van der Waals surface area (Å²) < 4.78 is 1.71. The molecular weight excluding hydrogens is 378 g/mol. The van der Waals surface area contributed by atoms with Crippen molar-refractivity contribution in [3.8, 4) is 17.2 Å². The van der Waals surface area contributed by atoms with Crippen LogP contribution in [-0.4, -0.2) is 32.3 Å². The van der Waals surface area contributed by atoms with Crippen LogP contribution in [0.25, 0.3) is 16.6 Å². The van der Waals surface area contributed by atoms with Gasteiger partial charge in [0.1, 0.15) is 0 Å². The molecule has 1 aromatic carbocycles. The predicted molar refractivity (Wildman–Crippen MR) is 115 cm³/mol. The minimum atomic E-state index is -0.809. The molecule has 7 heteroatoms. The molecule has 2 atom stereocenters. The lowest BCUT2D eigenvalue weighted by Gasteiger charge is -2.38. The lowest BCUT2D eigenvalue weighted by Crippen LogP contribution is -2.45. The third-order valence-corrected chi connectivity index (χ3v) is 6.75. The normalized spacial score (nSPS) is 22.7. The van der Waals surface area contributed by atoms with Crippen molar-refractivity contribution in [3.63, 3.8) is 0 Å². The van der Waals surface area contributed by atoms with E-state index in [1.165, 1.54) is 6.20 Å². The Bertz CT molecular complexity index is 1170. The molecule has 154 valence electrons. The third-order valence-electron chi connectivity index (χ3n) is 6.75. The van der Waals surface area contributed by atoms with E-state index in [1.54, 1.807) is 16.6 Å². The number of benzene rings is 1. The first-order valence-electron chi connectivity index (χ1n) is 9.95. The summed E-state index contributed by atoms with van der Waals surface area (Å²) in [6.07, 6.45) is 4.79. The fraction of sp³-hybridized carbons (Fsp3) is 0.348. The Kier molecular flexibility index (Phi) is 4.55. The number of rotatable bonds is 4. The van der Waals surface area contributed by atoms with E-state index in [-0.39, 0.29) is 6.04 Å².